The van der Waals surface area contributed by atoms with Crippen LogP contribution in [0.3, 0.4) is 0 Å². The van der Waals surface area contributed by atoms with Crippen LogP contribution in [0.4, 0.5) is 5.69 Å². The lowest BCUT2D eigenvalue weighted by Gasteiger charge is -2.33. The Hall–Kier alpha value is -3.99. The van der Waals surface area contributed by atoms with Gasteiger partial charge in [-0.05, 0) is 47.5 Å². The van der Waals surface area contributed by atoms with Gasteiger partial charge in [0.2, 0.25) is 0 Å². The zero-order valence-electron chi connectivity index (χ0n) is 19.9. The molecule has 1 aliphatic heterocycles. The van der Waals surface area contributed by atoms with Crippen molar-refractivity contribution < 1.29 is 0 Å². The monoisotopic (exact) mass is 518 g/mol. The van der Waals surface area contributed by atoms with Crippen molar-refractivity contribution in [1.82, 2.24) is 9.97 Å². The highest BCUT2D eigenvalue weighted by Crippen LogP contribution is 2.47. The van der Waals surface area contributed by atoms with Crippen LogP contribution in [0.1, 0.15) is 22.6 Å². The quantitative estimate of drug-likeness (QED) is 0.171. The molecule has 1 aliphatic rings. The van der Waals surface area contributed by atoms with Crippen LogP contribution in [0, 0.1) is 0 Å². The van der Waals surface area contributed by atoms with Gasteiger partial charge in [0.05, 0.1) is 39.4 Å². The number of fused-ring (bicyclic) bond motifs is 7. The maximum atomic E-state index is 6.31. The Morgan fingerprint density at radius 3 is 1.89 bits per heavy atom. The van der Waals surface area contributed by atoms with Crippen molar-refractivity contribution in [2.45, 2.75) is 5.92 Å². The summed E-state index contributed by atoms with van der Waals surface area (Å²) in [6, 6.07) is 32.2. The smallest absolute Gasteiger partial charge is 0.0977 e. The van der Waals surface area contributed by atoms with Crippen molar-refractivity contribution in [2.75, 3.05) is 12.1 Å². The summed E-state index contributed by atoms with van der Waals surface area (Å²) in [5.74, 6) is -0.188. The highest BCUT2D eigenvalue weighted by molar-refractivity contribution is 6.31. The second kappa shape index (κ2) is 8.55. The molecule has 6 aromatic rings. The topological polar surface area (TPSA) is 41.4 Å². The first-order valence-electron chi connectivity index (χ1n) is 12.0. The van der Waals surface area contributed by atoms with Gasteiger partial charge in [-0.25, -0.2) is 9.97 Å². The molecule has 1 aromatic heterocycles. The van der Waals surface area contributed by atoms with Crippen LogP contribution in [0.25, 0.3) is 32.8 Å². The van der Waals surface area contributed by atoms with Crippen LogP contribution >= 0.6 is 23.2 Å². The molecule has 37 heavy (non-hydrogen) atoms. The summed E-state index contributed by atoms with van der Waals surface area (Å²) < 4.78 is 0. The van der Waals surface area contributed by atoms with E-state index in [1.807, 2.05) is 78.8 Å². The van der Waals surface area contributed by atoms with Gasteiger partial charge >= 0.3 is 0 Å². The van der Waals surface area contributed by atoms with E-state index in [1.165, 1.54) is 0 Å². The molecule has 1 unspecified atom stereocenters. The van der Waals surface area contributed by atoms with E-state index in [4.69, 9.17) is 38.3 Å². The molecule has 0 N–H and O–H groups in total. The largest absolute Gasteiger partial charge is 0.267 e. The number of hydrogen-bond acceptors (Lipinski definition) is 4. The molecule has 0 spiro atoms. The number of hydrogen-bond donors (Lipinski definition) is 0. The van der Waals surface area contributed by atoms with Crippen molar-refractivity contribution in [3.05, 3.63) is 124 Å². The average molecular weight is 519 g/mol. The third-order valence-corrected chi connectivity index (χ3v) is 7.51. The van der Waals surface area contributed by atoms with Crippen LogP contribution in [0.5, 0.6) is 0 Å². The number of aromatic nitrogens is 2. The van der Waals surface area contributed by atoms with Crippen molar-refractivity contribution in [3.8, 4) is 0 Å². The average Bonchev–Trinajstić information content (AvgIpc) is 2.93. The van der Waals surface area contributed by atoms with Gasteiger partial charge in [-0.3, -0.25) is 5.01 Å². The standard InChI is InChI=1S/C31H20Cl2N4/c1-37-31-23-7-3-2-6-22(23)29-30(35-25-9-5-4-8-24(25)34-29)27(31)26(18-10-14-20(32)15-11-18)28(36-37)19-12-16-21(33)17-13-19/h2-17,26H,1H3. The van der Waals surface area contributed by atoms with Crippen molar-refractivity contribution in [2.24, 2.45) is 5.10 Å². The molecule has 7 rings (SSSR count). The molecule has 6 heteroatoms. The fourth-order valence-electron chi connectivity index (χ4n) is 5.38. The van der Waals surface area contributed by atoms with E-state index in [2.05, 4.69) is 30.3 Å². The molecule has 0 saturated heterocycles. The van der Waals surface area contributed by atoms with E-state index in [0.717, 1.165) is 60.9 Å². The number of hydrazone groups is 1. The number of rotatable bonds is 2. The molecule has 0 saturated carbocycles. The number of halogens is 2. The van der Waals surface area contributed by atoms with E-state index in [0.29, 0.717) is 10.0 Å². The van der Waals surface area contributed by atoms with Gasteiger partial charge in [0.25, 0.3) is 0 Å². The van der Waals surface area contributed by atoms with Crippen LogP contribution in [0.15, 0.2) is 102 Å². The first-order valence-corrected chi connectivity index (χ1v) is 12.8. The van der Waals surface area contributed by atoms with E-state index in [9.17, 15) is 0 Å². The molecule has 1 atom stereocenters. The third-order valence-electron chi connectivity index (χ3n) is 7.00. The van der Waals surface area contributed by atoms with Gasteiger partial charge in [0, 0.05) is 33.4 Å². The Morgan fingerprint density at radius 2 is 1.22 bits per heavy atom. The predicted octanol–water partition coefficient (Wildman–Crippen LogP) is 8.23. The van der Waals surface area contributed by atoms with Crippen molar-refractivity contribution >= 4 is 67.4 Å². The molecule has 0 bridgehead atoms. The summed E-state index contributed by atoms with van der Waals surface area (Å²) in [6.07, 6.45) is 0. The highest BCUT2D eigenvalue weighted by atomic mass is 35.5. The zero-order valence-corrected chi connectivity index (χ0v) is 21.4. The minimum atomic E-state index is -0.188. The Morgan fingerprint density at radius 1 is 0.649 bits per heavy atom. The second-order valence-corrected chi connectivity index (χ2v) is 10.1. The zero-order chi connectivity index (χ0) is 25.1. The van der Waals surface area contributed by atoms with E-state index in [1.54, 1.807) is 0 Å². The Balaban J connectivity index is 1.65. The van der Waals surface area contributed by atoms with Crippen LogP contribution in [-0.2, 0) is 0 Å². The van der Waals surface area contributed by atoms with Gasteiger partial charge in [0.1, 0.15) is 0 Å². The minimum absolute atomic E-state index is 0.188. The molecule has 0 radical (unpaired) electrons. The summed E-state index contributed by atoms with van der Waals surface area (Å²) in [5.41, 5.74) is 8.61. The van der Waals surface area contributed by atoms with Crippen molar-refractivity contribution in [3.63, 3.8) is 0 Å². The SMILES string of the molecule is CN1N=C(c2ccc(Cl)cc2)C(c2ccc(Cl)cc2)c2c1c1ccccc1c1nc3ccccc3nc21. The molecule has 5 aromatic carbocycles. The van der Waals surface area contributed by atoms with Gasteiger partial charge in [-0.1, -0.05) is 83.9 Å². The number of benzene rings is 5. The Bertz CT molecular complexity index is 1860. The van der Waals surface area contributed by atoms with E-state index < -0.39 is 0 Å². The summed E-state index contributed by atoms with van der Waals surface area (Å²) >= 11 is 12.6. The first kappa shape index (κ1) is 22.2. The van der Waals surface area contributed by atoms with Gasteiger partial charge < -0.3 is 0 Å². The van der Waals surface area contributed by atoms with Gasteiger partial charge in [-0.15, -0.1) is 0 Å². The number of nitrogens with zero attached hydrogens (tertiary/aromatic N) is 4. The van der Waals surface area contributed by atoms with Crippen LogP contribution in [-0.4, -0.2) is 22.7 Å². The molecule has 0 fully saturated rings. The molecule has 178 valence electrons. The number of anilines is 1. The normalized spacial score (nSPS) is 15.3. The van der Waals surface area contributed by atoms with Crippen LogP contribution < -0.4 is 5.01 Å². The fraction of sp³-hybridized carbons (Fsp3) is 0.0645. The highest BCUT2D eigenvalue weighted by Gasteiger charge is 2.34. The Kier molecular flexibility index (Phi) is 5.13. The van der Waals surface area contributed by atoms with E-state index in [-0.39, 0.29) is 5.92 Å². The molecular formula is C31H20Cl2N4. The molecule has 2 heterocycles. The summed E-state index contributed by atoms with van der Waals surface area (Å²) in [4.78, 5) is 10.4. The van der Waals surface area contributed by atoms with E-state index >= 15 is 0 Å². The molecule has 0 amide bonds. The second-order valence-electron chi connectivity index (χ2n) is 9.22. The first-order chi connectivity index (χ1) is 18.1. The lowest BCUT2D eigenvalue weighted by atomic mass is 9.80. The maximum absolute atomic E-state index is 6.31. The molecular weight excluding hydrogens is 499 g/mol. The number of para-hydroxylation sites is 2. The predicted molar refractivity (Wildman–Crippen MR) is 154 cm³/mol. The summed E-state index contributed by atoms with van der Waals surface area (Å²) in [7, 11) is 2.00. The lowest BCUT2D eigenvalue weighted by molar-refractivity contribution is 0.928. The minimum Gasteiger partial charge on any atom is -0.267 e. The van der Waals surface area contributed by atoms with Gasteiger partial charge in [0.15, 0.2) is 0 Å². The lowest BCUT2D eigenvalue weighted by Crippen LogP contribution is -2.28. The van der Waals surface area contributed by atoms with Gasteiger partial charge in [-0.2, -0.15) is 5.10 Å². The fourth-order valence-corrected chi connectivity index (χ4v) is 5.63. The molecule has 0 aliphatic carbocycles. The third kappa shape index (κ3) is 3.56. The summed E-state index contributed by atoms with van der Waals surface area (Å²) in [6.45, 7) is 0. The molecule has 4 nitrogen and oxygen atoms in total. The summed E-state index contributed by atoms with van der Waals surface area (Å²) in [5, 5.41) is 10.7. The van der Waals surface area contributed by atoms with Crippen molar-refractivity contribution in [1.29, 1.82) is 0 Å². The maximum Gasteiger partial charge on any atom is 0.0977 e. The Labute approximate surface area is 223 Å². The van der Waals surface area contributed by atoms with Crippen LogP contribution in [0.2, 0.25) is 10.0 Å².